The third-order valence-corrected chi connectivity index (χ3v) is 4.94. The molecule has 0 aliphatic carbocycles. The van der Waals surface area contributed by atoms with Crippen molar-refractivity contribution in [3.63, 3.8) is 0 Å². The molecule has 0 bridgehead atoms. The second kappa shape index (κ2) is 11.3. The third kappa shape index (κ3) is 5.42. The van der Waals surface area contributed by atoms with Gasteiger partial charge >= 0.3 is 0 Å². The first kappa shape index (κ1) is 24.8. The van der Waals surface area contributed by atoms with Crippen molar-refractivity contribution in [3.8, 4) is 6.07 Å². The second-order valence-corrected chi connectivity index (χ2v) is 7.06. The molecule has 0 fully saturated rings. The predicted molar refractivity (Wildman–Crippen MR) is 124 cm³/mol. The van der Waals surface area contributed by atoms with Gasteiger partial charge in [0, 0.05) is 18.8 Å². The third-order valence-electron chi connectivity index (χ3n) is 4.94. The van der Waals surface area contributed by atoms with E-state index in [-0.39, 0.29) is 29.9 Å². The molecule has 168 valence electrons. The maximum absolute atomic E-state index is 14.3. The lowest BCUT2D eigenvalue weighted by atomic mass is 9.99. The number of halogens is 2. The van der Waals surface area contributed by atoms with Crippen molar-refractivity contribution in [3.05, 3.63) is 68.7 Å². The summed E-state index contributed by atoms with van der Waals surface area (Å²) in [7, 11) is 1.58. The molecule has 2 rings (SSSR count). The first-order valence-electron chi connectivity index (χ1n) is 10.1. The van der Waals surface area contributed by atoms with Gasteiger partial charge in [-0.05, 0) is 51.0 Å². The maximum atomic E-state index is 14.3. The molecule has 0 spiro atoms. The van der Waals surface area contributed by atoms with Gasteiger partial charge in [0.05, 0.1) is 42.4 Å². The van der Waals surface area contributed by atoms with E-state index in [1.807, 2.05) is 6.07 Å². The number of hydrogen-bond donors (Lipinski definition) is 0. The van der Waals surface area contributed by atoms with Crippen LogP contribution in [0.5, 0.6) is 0 Å². The summed E-state index contributed by atoms with van der Waals surface area (Å²) in [6.07, 6.45) is 6.23. The molecule has 0 N–H and O–H groups in total. The summed E-state index contributed by atoms with van der Waals surface area (Å²) in [4.78, 5) is 21.8. The van der Waals surface area contributed by atoms with Crippen molar-refractivity contribution in [1.82, 2.24) is 4.57 Å². The van der Waals surface area contributed by atoms with E-state index < -0.39 is 23.3 Å². The van der Waals surface area contributed by atoms with Crippen LogP contribution in [0.15, 0.2) is 56.3 Å². The first-order chi connectivity index (χ1) is 15.3. The van der Waals surface area contributed by atoms with Gasteiger partial charge in [-0.25, -0.2) is 8.78 Å². The van der Waals surface area contributed by atoms with Crippen LogP contribution in [0.3, 0.4) is 0 Å². The molecule has 0 saturated heterocycles. The molecule has 1 aromatic rings. The van der Waals surface area contributed by atoms with Crippen LogP contribution in [0.4, 0.5) is 8.78 Å². The Balaban J connectivity index is 2.95. The zero-order valence-electron chi connectivity index (χ0n) is 18.8. The molecule has 1 aromatic heterocycles. The van der Waals surface area contributed by atoms with Crippen molar-refractivity contribution in [2.75, 3.05) is 7.05 Å². The second-order valence-electron chi connectivity index (χ2n) is 7.06. The minimum absolute atomic E-state index is 0.0112. The Morgan fingerprint density at radius 2 is 2.12 bits per heavy atom. The topological polar surface area (TPSA) is 79.7 Å². The minimum Gasteiger partial charge on any atom is -0.368 e. The lowest BCUT2D eigenvalue weighted by molar-refractivity contribution is 0.0790. The van der Waals surface area contributed by atoms with E-state index in [0.717, 1.165) is 12.3 Å². The number of ether oxygens (including phenoxy) is 1. The van der Waals surface area contributed by atoms with Crippen molar-refractivity contribution < 1.29 is 13.5 Å². The minimum atomic E-state index is -0.722. The number of nitrogens with zero attached hydrogens (tertiary/aromatic N) is 4. The Kier molecular flexibility index (Phi) is 8.73. The number of aliphatic imine (C=N–C) groups is 2. The van der Waals surface area contributed by atoms with Gasteiger partial charge in [0.15, 0.2) is 0 Å². The number of fused-ring (bicyclic) bond motifs is 1. The number of hydrogen-bond acceptors (Lipinski definition) is 5. The quantitative estimate of drug-likeness (QED) is 0.379. The summed E-state index contributed by atoms with van der Waals surface area (Å²) >= 11 is 0. The van der Waals surface area contributed by atoms with Crippen LogP contribution in [0.2, 0.25) is 0 Å². The average Bonchev–Trinajstić information content (AvgIpc) is 2.77. The molecule has 2 heterocycles. The van der Waals surface area contributed by atoms with Crippen LogP contribution in [0.25, 0.3) is 11.3 Å². The maximum Gasteiger partial charge on any atom is 0.263 e. The molecule has 0 saturated carbocycles. The molecule has 1 aliphatic heterocycles. The summed E-state index contributed by atoms with van der Waals surface area (Å²) in [5.41, 5.74) is 1.22. The first-order valence-corrected chi connectivity index (χ1v) is 10.1. The Morgan fingerprint density at radius 3 is 2.72 bits per heavy atom. The van der Waals surface area contributed by atoms with E-state index in [0.29, 0.717) is 17.0 Å². The van der Waals surface area contributed by atoms with E-state index in [2.05, 4.69) is 9.98 Å². The van der Waals surface area contributed by atoms with Crippen LogP contribution in [0, 0.1) is 11.3 Å². The normalized spacial score (nSPS) is 20.3. The van der Waals surface area contributed by atoms with Crippen molar-refractivity contribution in [2.24, 2.45) is 9.98 Å². The number of allylic oxidation sites excluding steroid dienone is 7. The molecule has 6 nitrogen and oxygen atoms in total. The Bertz CT molecular complexity index is 1160. The summed E-state index contributed by atoms with van der Waals surface area (Å²) < 4.78 is 35.4. The summed E-state index contributed by atoms with van der Waals surface area (Å²) in [5, 5.41) is 9.48. The predicted octanol–water partition coefficient (Wildman–Crippen LogP) is 4.92. The fraction of sp³-hybridized carbons (Fsp3) is 0.333. The molecule has 0 radical (unpaired) electrons. The molecule has 1 aliphatic rings. The average molecular weight is 440 g/mol. The molecular weight excluding hydrogens is 414 g/mol. The standard InChI is InChI=1S/C24H26F2N4O2/c1-6-19(13-28-5)30-23-14-32-15(3)8-18(25)12-29-11-17(23)9-20(24(30)31)16(4)21(10-27)22(26)7-2/h6-9,12-13,15H,11,14H2,1-5H3/b18-8+,19-6+,21-16+,22-7+,28-13?,29-12?. The van der Waals surface area contributed by atoms with Crippen LogP contribution in [-0.2, 0) is 17.9 Å². The Morgan fingerprint density at radius 1 is 1.41 bits per heavy atom. The zero-order chi connectivity index (χ0) is 23.8. The number of nitriles is 1. The van der Waals surface area contributed by atoms with Crippen molar-refractivity contribution in [2.45, 2.75) is 47.0 Å². The molecule has 0 amide bonds. The van der Waals surface area contributed by atoms with Crippen LogP contribution in [0.1, 0.15) is 44.5 Å². The van der Waals surface area contributed by atoms with Crippen LogP contribution >= 0.6 is 0 Å². The van der Waals surface area contributed by atoms with Crippen LogP contribution in [-0.4, -0.2) is 30.1 Å². The lowest BCUT2D eigenvalue weighted by Gasteiger charge is -2.21. The van der Waals surface area contributed by atoms with E-state index in [1.54, 1.807) is 33.0 Å². The fourth-order valence-electron chi connectivity index (χ4n) is 3.29. The Hall–Kier alpha value is -3.44. The zero-order valence-corrected chi connectivity index (χ0v) is 18.8. The van der Waals surface area contributed by atoms with Crippen LogP contribution < -0.4 is 5.56 Å². The molecule has 8 heteroatoms. The summed E-state index contributed by atoms with van der Waals surface area (Å²) in [6.45, 7) is 6.49. The summed E-state index contributed by atoms with van der Waals surface area (Å²) in [6, 6.07) is 3.40. The number of pyridine rings is 1. The van der Waals surface area contributed by atoms with Crippen molar-refractivity contribution >= 4 is 23.7 Å². The highest BCUT2D eigenvalue weighted by Crippen LogP contribution is 2.26. The lowest BCUT2D eigenvalue weighted by Crippen LogP contribution is -2.29. The van der Waals surface area contributed by atoms with E-state index in [9.17, 15) is 18.8 Å². The highest BCUT2D eigenvalue weighted by molar-refractivity contribution is 6.02. The number of rotatable bonds is 4. The van der Waals surface area contributed by atoms with Gasteiger partial charge in [0.2, 0.25) is 0 Å². The molecule has 0 aromatic carbocycles. The Labute approximate surface area is 186 Å². The molecule has 1 atom stereocenters. The summed E-state index contributed by atoms with van der Waals surface area (Å²) in [5.74, 6) is -1.25. The monoisotopic (exact) mass is 440 g/mol. The highest BCUT2D eigenvalue weighted by atomic mass is 19.1. The van der Waals surface area contributed by atoms with E-state index in [4.69, 9.17) is 4.74 Å². The fourth-order valence-corrected chi connectivity index (χ4v) is 3.29. The van der Waals surface area contributed by atoms with Gasteiger partial charge in [-0.15, -0.1) is 0 Å². The van der Waals surface area contributed by atoms with Gasteiger partial charge in [0.25, 0.3) is 5.56 Å². The van der Waals surface area contributed by atoms with Gasteiger partial charge in [0.1, 0.15) is 17.7 Å². The van der Waals surface area contributed by atoms with E-state index >= 15 is 0 Å². The van der Waals surface area contributed by atoms with Crippen molar-refractivity contribution in [1.29, 1.82) is 5.26 Å². The van der Waals surface area contributed by atoms with Gasteiger partial charge in [-0.2, -0.15) is 5.26 Å². The SMILES string of the molecule is C/C=C(F)\C(C#N)=C(/C)c1cc2c(n(/C(C=NC)=C/C)c1=O)COC(C)/C=C(/F)C=NC2. The molecule has 1 unspecified atom stereocenters. The molecule has 32 heavy (non-hydrogen) atoms. The highest BCUT2D eigenvalue weighted by Gasteiger charge is 2.21. The largest absolute Gasteiger partial charge is 0.368 e. The molecular formula is C24H26F2N4O2. The number of aromatic nitrogens is 1. The van der Waals surface area contributed by atoms with E-state index in [1.165, 1.54) is 30.7 Å². The smallest absolute Gasteiger partial charge is 0.263 e. The van der Waals surface area contributed by atoms with Gasteiger partial charge in [-0.1, -0.05) is 12.2 Å². The van der Waals surface area contributed by atoms with Gasteiger partial charge < -0.3 is 4.74 Å². The van der Waals surface area contributed by atoms with Gasteiger partial charge in [-0.3, -0.25) is 19.3 Å².